The van der Waals surface area contributed by atoms with E-state index in [0.29, 0.717) is 42.9 Å². The fourth-order valence-electron chi connectivity index (χ4n) is 2.56. The molecule has 1 atom stereocenters. The Hall–Kier alpha value is -1.13. The van der Waals surface area contributed by atoms with Gasteiger partial charge < -0.3 is 9.47 Å². The maximum Gasteiger partial charge on any atom is 0.181 e. The van der Waals surface area contributed by atoms with Gasteiger partial charge in [-0.25, -0.2) is 4.98 Å². The van der Waals surface area contributed by atoms with Crippen LogP contribution in [0.1, 0.15) is 42.7 Å². The van der Waals surface area contributed by atoms with E-state index in [1.165, 1.54) is 0 Å². The third kappa shape index (κ3) is 3.95. The number of carbonyl (C=O) groups is 1. The van der Waals surface area contributed by atoms with Crippen molar-refractivity contribution in [3.63, 3.8) is 0 Å². The lowest BCUT2D eigenvalue weighted by molar-refractivity contribution is 0.0927. The lowest BCUT2D eigenvalue weighted by Gasteiger charge is -2.26. The van der Waals surface area contributed by atoms with Crippen LogP contribution in [0.5, 0.6) is 5.75 Å². The monoisotopic (exact) mass is 311 g/mol. The SMILES string of the molecule is COCCCOc1cc2c(nc1Cl)C(=O)CC(C(C)C)C2. The maximum absolute atomic E-state index is 12.2. The van der Waals surface area contributed by atoms with Gasteiger partial charge in [0.25, 0.3) is 0 Å². The lowest BCUT2D eigenvalue weighted by atomic mass is 9.79. The summed E-state index contributed by atoms with van der Waals surface area (Å²) in [5.41, 5.74) is 1.47. The number of Topliss-reactive ketones (excluding diaryl/α,β-unsaturated/α-hetero) is 1. The van der Waals surface area contributed by atoms with Crippen LogP contribution in [0.2, 0.25) is 5.15 Å². The lowest BCUT2D eigenvalue weighted by Crippen LogP contribution is -2.25. The van der Waals surface area contributed by atoms with Crippen LogP contribution in [0.25, 0.3) is 0 Å². The quantitative estimate of drug-likeness (QED) is 0.595. The van der Waals surface area contributed by atoms with Crippen LogP contribution in [-0.2, 0) is 11.2 Å². The minimum absolute atomic E-state index is 0.0859. The Bertz CT molecular complexity index is 516. The number of rotatable bonds is 6. The molecule has 0 aliphatic heterocycles. The number of pyridine rings is 1. The Balaban J connectivity index is 2.16. The molecule has 116 valence electrons. The van der Waals surface area contributed by atoms with Crippen LogP contribution in [0.3, 0.4) is 0 Å². The van der Waals surface area contributed by atoms with E-state index in [-0.39, 0.29) is 10.9 Å². The normalized spacial score (nSPS) is 18.0. The van der Waals surface area contributed by atoms with Crippen molar-refractivity contribution in [1.29, 1.82) is 0 Å². The van der Waals surface area contributed by atoms with Gasteiger partial charge in [0.2, 0.25) is 0 Å². The van der Waals surface area contributed by atoms with Crippen molar-refractivity contribution in [2.24, 2.45) is 11.8 Å². The third-order valence-corrected chi connectivity index (χ3v) is 4.18. The highest BCUT2D eigenvalue weighted by atomic mass is 35.5. The van der Waals surface area contributed by atoms with Crippen LogP contribution in [0.4, 0.5) is 0 Å². The predicted octanol–water partition coefficient (Wildman–Crippen LogP) is 3.55. The van der Waals surface area contributed by atoms with E-state index >= 15 is 0 Å². The summed E-state index contributed by atoms with van der Waals surface area (Å²) < 4.78 is 10.6. The van der Waals surface area contributed by atoms with Crippen molar-refractivity contribution in [1.82, 2.24) is 4.98 Å². The van der Waals surface area contributed by atoms with Gasteiger partial charge in [-0.1, -0.05) is 25.4 Å². The molecule has 2 rings (SSSR count). The van der Waals surface area contributed by atoms with Gasteiger partial charge in [0.05, 0.1) is 6.61 Å². The molecule has 1 heterocycles. The molecule has 0 saturated heterocycles. The predicted molar refractivity (Wildman–Crippen MR) is 82.2 cm³/mol. The molecule has 1 aliphatic rings. The van der Waals surface area contributed by atoms with Crippen LogP contribution < -0.4 is 4.74 Å². The van der Waals surface area contributed by atoms with E-state index in [9.17, 15) is 4.79 Å². The first-order valence-corrected chi connectivity index (χ1v) is 7.75. The number of aromatic nitrogens is 1. The Labute approximate surface area is 130 Å². The molecule has 0 spiro atoms. The average molecular weight is 312 g/mol. The van der Waals surface area contributed by atoms with Crippen molar-refractivity contribution in [3.8, 4) is 5.75 Å². The first-order chi connectivity index (χ1) is 10.0. The van der Waals surface area contributed by atoms with E-state index in [1.807, 2.05) is 6.07 Å². The van der Waals surface area contributed by atoms with Gasteiger partial charge in [-0.2, -0.15) is 0 Å². The smallest absolute Gasteiger partial charge is 0.181 e. The second-order valence-electron chi connectivity index (χ2n) is 5.82. The van der Waals surface area contributed by atoms with Crippen molar-refractivity contribution in [2.75, 3.05) is 20.3 Å². The van der Waals surface area contributed by atoms with Gasteiger partial charge in [-0.3, -0.25) is 4.79 Å². The molecule has 0 aromatic carbocycles. The Morgan fingerprint density at radius 2 is 2.14 bits per heavy atom. The van der Waals surface area contributed by atoms with Gasteiger partial charge in [0.1, 0.15) is 5.69 Å². The number of carbonyl (C=O) groups excluding carboxylic acids is 1. The third-order valence-electron chi connectivity index (χ3n) is 3.91. The van der Waals surface area contributed by atoms with Crippen molar-refractivity contribution >= 4 is 17.4 Å². The van der Waals surface area contributed by atoms with E-state index in [4.69, 9.17) is 21.1 Å². The summed E-state index contributed by atoms with van der Waals surface area (Å²) in [4.78, 5) is 16.4. The molecular formula is C16H22ClNO3. The first-order valence-electron chi connectivity index (χ1n) is 7.37. The average Bonchev–Trinajstić information content (AvgIpc) is 2.44. The minimum atomic E-state index is 0.0859. The molecule has 0 radical (unpaired) electrons. The largest absolute Gasteiger partial charge is 0.490 e. The standard InChI is InChI=1S/C16H22ClNO3/c1-10(2)11-7-12-9-14(21-6-4-5-20-3)16(17)18-15(12)13(19)8-11/h9-11H,4-8H2,1-3H3. The molecule has 0 N–H and O–H groups in total. The number of fused-ring (bicyclic) bond motifs is 1. The van der Waals surface area contributed by atoms with Gasteiger partial charge in [0, 0.05) is 26.6 Å². The van der Waals surface area contributed by atoms with Crippen molar-refractivity contribution in [2.45, 2.75) is 33.1 Å². The summed E-state index contributed by atoms with van der Waals surface area (Å²) in [7, 11) is 1.66. The molecule has 0 amide bonds. The molecular weight excluding hydrogens is 290 g/mol. The molecule has 1 aromatic rings. The van der Waals surface area contributed by atoms with E-state index in [1.54, 1.807) is 7.11 Å². The highest BCUT2D eigenvalue weighted by Gasteiger charge is 2.29. The van der Waals surface area contributed by atoms with Crippen LogP contribution >= 0.6 is 11.6 Å². The highest BCUT2D eigenvalue weighted by molar-refractivity contribution is 6.31. The summed E-state index contributed by atoms with van der Waals surface area (Å²) in [5, 5.41) is 0.266. The van der Waals surface area contributed by atoms with Gasteiger partial charge in [0.15, 0.2) is 16.7 Å². The zero-order valence-electron chi connectivity index (χ0n) is 12.8. The Kier molecular flexibility index (Phi) is 5.59. The molecule has 0 saturated carbocycles. The van der Waals surface area contributed by atoms with Gasteiger partial charge >= 0.3 is 0 Å². The summed E-state index contributed by atoms with van der Waals surface area (Å²) in [6, 6.07) is 1.88. The summed E-state index contributed by atoms with van der Waals surface area (Å²) in [6.07, 6.45) is 2.21. The number of ether oxygens (including phenoxy) is 2. The molecule has 0 bridgehead atoms. The second kappa shape index (κ2) is 7.23. The van der Waals surface area contributed by atoms with Gasteiger partial charge in [-0.05, 0) is 29.9 Å². The van der Waals surface area contributed by atoms with Crippen LogP contribution in [-0.4, -0.2) is 31.1 Å². The van der Waals surface area contributed by atoms with Crippen LogP contribution in [0, 0.1) is 11.8 Å². The number of hydrogen-bond donors (Lipinski definition) is 0. The van der Waals surface area contributed by atoms with Crippen molar-refractivity contribution in [3.05, 3.63) is 22.5 Å². The Morgan fingerprint density at radius 1 is 1.38 bits per heavy atom. The van der Waals surface area contributed by atoms with Crippen molar-refractivity contribution < 1.29 is 14.3 Å². The minimum Gasteiger partial charge on any atom is -0.490 e. The van der Waals surface area contributed by atoms with E-state index in [0.717, 1.165) is 18.4 Å². The first kappa shape index (κ1) is 16.2. The number of ketones is 1. The number of hydrogen-bond acceptors (Lipinski definition) is 4. The number of halogens is 1. The molecule has 1 unspecified atom stereocenters. The fourth-order valence-corrected chi connectivity index (χ4v) is 2.75. The molecule has 4 nitrogen and oxygen atoms in total. The Morgan fingerprint density at radius 3 is 2.81 bits per heavy atom. The van der Waals surface area contributed by atoms with E-state index < -0.39 is 0 Å². The maximum atomic E-state index is 12.2. The number of nitrogens with zero attached hydrogens (tertiary/aromatic N) is 1. The summed E-state index contributed by atoms with van der Waals surface area (Å²) in [5.74, 6) is 1.49. The number of methoxy groups -OCH3 is 1. The van der Waals surface area contributed by atoms with Gasteiger partial charge in [-0.15, -0.1) is 0 Å². The molecule has 1 aromatic heterocycles. The highest BCUT2D eigenvalue weighted by Crippen LogP contribution is 2.34. The molecule has 21 heavy (non-hydrogen) atoms. The zero-order valence-corrected chi connectivity index (χ0v) is 13.6. The zero-order chi connectivity index (χ0) is 15.4. The topological polar surface area (TPSA) is 48.4 Å². The fraction of sp³-hybridized carbons (Fsp3) is 0.625. The second-order valence-corrected chi connectivity index (χ2v) is 6.17. The molecule has 5 heteroatoms. The van der Waals surface area contributed by atoms with E-state index in [2.05, 4.69) is 18.8 Å². The summed E-state index contributed by atoms with van der Waals surface area (Å²) in [6.45, 7) is 5.46. The van der Waals surface area contributed by atoms with Crippen LogP contribution in [0.15, 0.2) is 6.07 Å². The molecule has 1 aliphatic carbocycles. The molecule has 0 fully saturated rings. The summed E-state index contributed by atoms with van der Waals surface area (Å²) >= 11 is 6.12.